The van der Waals surface area contributed by atoms with Crippen molar-refractivity contribution in [3.8, 4) is 0 Å². The molecule has 1 rings (SSSR count). The summed E-state index contributed by atoms with van der Waals surface area (Å²) in [4.78, 5) is 2.42. The third-order valence-corrected chi connectivity index (χ3v) is 3.46. The molecule has 3 heteroatoms. The van der Waals surface area contributed by atoms with Gasteiger partial charge in [0.1, 0.15) is 0 Å². The first-order chi connectivity index (χ1) is 8.17. The molecular weight excluding hydrogens is 232 g/mol. The number of benzene rings is 1. The van der Waals surface area contributed by atoms with Crippen molar-refractivity contribution < 1.29 is 0 Å². The maximum Gasteiger partial charge on any atom is 0.0407 e. The van der Waals surface area contributed by atoms with Crippen LogP contribution in [0.2, 0.25) is 5.02 Å². The number of halogens is 1. The van der Waals surface area contributed by atoms with Gasteiger partial charge in [-0.2, -0.15) is 0 Å². The monoisotopic (exact) mass is 254 g/mol. The smallest absolute Gasteiger partial charge is 0.0407 e. The Morgan fingerprint density at radius 1 is 1.18 bits per heavy atom. The fourth-order valence-electron chi connectivity index (χ4n) is 2.04. The second-order valence-corrected chi connectivity index (χ2v) is 4.82. The van der Waals surface area contributed by atoms with E-state index in [1.807, 2.05) is 24.3 Å². The maximum atomic E-state index is 5.84. The molecule has 0 radical (unpaired) electrons. The molecule has 17 heavy (non-hydrogen) atoms. The van der Waals surface area contributed by atoms with E-state index in [-0.39, 0.29) is 0 Å². The molecule has 0 saturated heterocycles. The quantitative estimate of drug-likeness (QED) is 0.795. The normalized spacial score (nSPS) is 11.2. The van der Waals surface area contributed by atoms with Crippen LogP contribution in [0.3, 0.4) is 0 Å². The Balaban J connectivity index is 2.30. The van der Waals surface area contributed by atoms with Crippen LogP contribution in [0.25, 0.3) is 0 Å². The molecule has 0 aromatic heterocycles. The number of hydrogen-bond donors (Lipinski definition) is 1. The highest BCUT2D eigenvalue weighted by Crippen LogP contribution is 2.13. The molecule has 96 valence electrons. The van der Waals surface area contributed by atoms with Crippen molar-refractivity contribution in [2.24, 2.45) is 0 Å². The van der Waals surface area contributed by atoms with E-state index in [1.54, 1.807) is 0 Å². The van der Waals surface area contributed by atoms with E-state index in [9.17, 15) is 0 Å². The first-order valence-electron chi connectivity index (χ1n) is 6.37. The lowest BCUT2D eigenvalue weighted by Gasteiger charge is -2.26. The lowest BCUT2D eigenvalue weighted by molar-refractivity contribution is 0.238. The molecule has 0 saturated carbocycles. The minimum absolute atomic E-state index is 0.696. The Hall–Kier alpha value is -0.730. The average Bonchev–Trinajstić information content (AvgIpc) is 2.33. The molecule has 0 amide bonds. The summed E-state index contributed by atoms with van der Waals surface area (Å²) in [6.07, 6.45) is 2.43. The van der Waals surface area contributed by atoms with Crippen LogP contribution in [-0.2, 0) is 0 Å². The number of nitrogens with one attached hydrogen (secondary N) is 1. The van der Waals surface area contributed by atoms with Crippen LogP contribution in [-0.4, -0.2) is 31.1 Å². The zero-order valence-corrected chi connectivity index (χ0v) is 11.8. The van der Waals surface area contributed by atoms with Gasteiger partial charge in [0.25, 0.3) is 0 Å². The fraction of sp³-hybridized carbons (Fsp3) is 0.571. The lowest BCUT2D eigenvalue weighted by Crippen LogP contribution is -2.34. The highest BCUT2D eigenvalue weighted by atomic mass is 35.5. The Bertz CT molecular complexity index is 307. The molecule has 1 aromatic rings. The molecule has 0 atom stereocenters. The zero-order valence-electron chi connectivity index (χ0n) is 11.0. The van der Waals surface area contributed by atoms with Crippen molar-refractivity contribution in [3.05, 3.63) is 29.3 Å². The molecule has 0 fully saturated rings. The SMILES string of the molecule is CCC(CC)N(C)CCNc1ccc(Cl)cc1. The summed E-state index contributed by atoms with van der Waals surface area (Å²) in [5.41, 5.74) is 1.13. The predicted molar refractivity (Wildman–Crippen MR) is 76.9 cm³/mol. The summed E-state index contributed by atoms with van der Waals surface area (Å²) in [5, 5.41) is 4.19. The van der Waals surface area contributed by atoms with Crippen molar-refractivity contribution in [2.45, 2.75) is 32.7 Å². The largest absolute Gasteiger partial charge is 0.384 e. The molecule has 0 aliphatic carbocycles. The topological polar surface area (TPSA) is 15.3 Å². The number of rotatable bonds is 7. The highest BCUT2D eigenvalue weighted by Gasteiger charge is 2.08. The molecule has 0 aliphatic heterocycles. The van der Waals surface area contributed by atoms with Gasteiger partial charge in [-0.1, -0.05) is 25.4 Å². The van der Waals surface area contributed by atoms with Crippen LogP contribution in [0.5, 0.6) is 0 Å². The van der Waals surface area contributed by atoms with Gasteiger partial charge in [0.15, 0.2) is 0 Å². The van der Waals surface area contributed by atoms with Crippen molar-refractivity contribution in [1.29, 1.82) is 0 Å². The minimum Gasteiger partial charge on any atom is -0.384 e. The van der Waals surface area contributed by atoms with Gasteiger partial charge < -0.3 is 10.2 Å². The second-order valence-electron chi connectivity index (χ2n) is 4.38. The van der Waals surface area contributed by atoms with Gasteiger partial charge in [0.05, 0.1) is 0 Å². The van der Waals surface area contributed by atoms with Gasteiger partial charge in [-0.05, 0) is 44.2 Å². The van der Waals surface area contributed by atoms with Crippen molar-refractivity contribution in [3.63, 3.8) is 0 Å². The van der Waals surface area contributed by atoms with E-state index in [1.165, 1.54) is 12.8 Å². The van der Waals surface area contributed by atoms with Crippen molar-refractivity contribution in [2.75, 3.05) is 25.5 Å². The van der Waals surface area contributed by atoms with Crippen LogP contribution in [0.1, 0.15) is 26.7 Å². The maximum absolute atomic E-state index is 5.84. The standard InChI is InChI=1S/C14H23ClN2/c1-4-14(5-2)17(3)11-10-16-13-8-6-12(15)7-9-13/h6-9,14,16H,4-5,10-11H2,1-3H3. The molecule has 1 N–H and O–H groups in total. The molecule has 0 bridgehead atoms. The van der Waals surface area contributed by atoms with Gasteiger partial charge in [0, 0.05) is 29.8 Å². The highest BCUT2D eigenvalue weighted by molar-refractivity contribution is 6.30. The Morgan fingerprint density at radius 2 is 1.76 bits per heavy atom. The van der Waals surface area contributed by atoms with E-state index in [0.717, 1.165) is 23.8 Å². The lowest BCUT2D eigenvalue weighted by atomic mass is 10.1. The fourth-order valence-corrected chi connectivity index (χ4v) is 2.16. The van der Waals surface area contributed by atoms with Crippen molar-refractivity contribution >= 4 is 17.3 Å². The second kappa shape index (κ2) is 7.57. The van der Waals surface area contributed by atoms with Gasteiger partial charge in [-0.25, -0.2) is 0 Å². The molecule has 0 unspecified atom stereocenters. The summed E-state index contributed by atoms with van der Waals surface area (Å²) < 4.78 is 0. The van der Waals surface area contributed by atoms with E-state index in [4.69, 9.17) is 11.6 Å². The molecule has 0 aliphatic rings. The van der Waals surface area contributed by atoms with Crippen LogP contribution in [0.15, 0.2) is 24.3 Å². The Kier molecular flexibility index (Phi) is 6.38. The van der Waals surface area contributed by atoms with E-state index in [2.05, 4.69) is 31.1 Å². The molecule has 2 nitrogen and oxygen atoms in total. The first-order valence-corrected chi connectivity index (χ1v) is 6.74. The molecule has 1 aromatic carbocycles. The Morgan fingerprint density at radius 3 is 2.29 bits per heavy atom. The van der Waals surface area contributed by atoms with Gasteiger partial charge in [0.2, 0.25) is 0 Å². The summed E-state index contributed by atoms with van der Waals surface area (Å²) in [5.74, 6) is 0. The number of likely N-dealkylation sites (N-methyl/N-ethyl adjacent to an activating group) is 1. The number of anilines is 1. The summed E-state index contributed by atoms with van der Waals surface area (Å²) in [6, 6.07) is 8.55. The van der Waals surface area contributed by atoms with Crippen LogP contribution in [0, 0.1) is 0 Å². The summed E-state index contributed by atoms with van der Waals surface area (Å²) >= 11 is 5.84. The number of nitrogens with zero attached hydrogens (tertiary/aromatic N) is 1. The zero-order chi connectivity index (χ0) is 12.7. The van der Waals surface area contributed by atoms with Crippen LogP contribution < -0.4 is 5.32 Å². The first kappa shape index (κ1) is 14.3. The van der Waals surface area contributed by atoms with Gasteiger partial charge in [-0.15, -0.1) is 0 Å². The van der Waals surface area contributed by atoms with Crippen LogP contribution in [0.4, 0.5) is 5.69 Å². The third-order valence-electron chi connectivity index (χ3n) is 3.20. The van der Waals surface area contributed by atoms with Gasteiger partial charge >= 0.3 is 0 Å². The van der Waals surface area contributed by atoms with Gasteiger partial charge in [-0.3, -0.25) is 0 Å². The van der Waals surface area contributed by atoms with Crippen molar-refractivity contribution in [1.82, 2.24) is 4.90 Å². The number of hydrogen-bond acceptors (Lipinski definition) is 2. The predicted octanol–water partition coefficient (Wildman–Crippen LogP) is 3.87. The minimum atomic E-state index is 0.696. The molecular formula is C14H23ClN2. The van der Waals surface area contributed by atoms with E-state index in [0.29, 0.717) is 6.04 Å². The summed E-state index contributed by atoms with van der Waals surface area (Å²) in [7, 11) is 2.20. The molecule has 0 heterocycles. The summed E-state index contributed by atoms with van der Waals surface area (Å²) in [6.45, 7) is 6.53. The third kappa shape index (κ3) is 4.97. The Labute approximate surface area is 110 Å². The van der Waals surface area contributed by atoms with Crippen LogP contribution >= 0.6 is 11.6 Å². The van der Waals surface area contributed by atoms with E-state index < -0.39 is 0 Å². The molecule has 0 spiro atoms. The average molecular weight is 255 g/mol. The van der Waals surface area contributed by atoms with E-state index >= 15 is 0 Å².